The first-order chi connectivity index (χ1) is 10.8. The minimum atomic E-state index is -0.0637. The van der Waals surface area contributed by atoms with Crippen LogP contribution in [0.1, 0.15) is 5.56 Å². The zero-order valence-corrected chi connectivity index (χ0v) is 12.8. The number of anilines is 1. The van der Waals surface area contributed by atoms with E-state index in [1.807, 2.05) is 60.7 Å². The number of nitrogens with zero attached hydrogens (tertiary/aromatic N) is 1. The summed E-state index contributed by atoms with van der Waals surface area (Å²) in [5.74, 6) is -0.0637. The van der Waals surface area contributed by atoms with Crippen molar-refractivity contribution in [1.29, 1.82) is 0 Å². The maximum Gasteiger partial charge on any atom is 0.253 e. The fourth-order valence-electron chi connectivity index (χ4n) is 2.08. The lowest BCUT2D eigenvalue weighted by Gasteiger charge is -2.23. The highest BCUT2D eigenvalue weighted by molar-refractivity contribution is 5.94. The molecule has 0 aromatic heterocycles. The Labute approximate surface area is 131 Å². The Hall–Kier alpha value is -2.17. The van der Waals surface area contributed by atoms with Crippen LogP contribution < -0.4 is 4.90 Å². The molecule has 4 nitrogen and oxygen atoms in total. The first kappa shape index (κ1) is 16.2. The molecule has 0 saturated heterocycles. The predicted molar refractivity (Wildman–Crippen MR) is 86.8 cm³/mol. The van der Waals surface area contributed by atoms with Gasteiger partial charge in [0.2, 0.25) is 0 Å². The van der Waals surface area contributed by atoms with Crippen LogP contribution in [0.15, 0.2) is 60.7 Å². The molecule has 0 saturated carbocycles. The second-order valence-electron chi connectivity index (χ2n) is 4.85. The molecule has 0 aliphatic carbocycles. The molecule has 0 unspecified atom stereocenters. The molecule has 0 bridgehead atoms. The molecule has 2 rings (SSSR count). The number of para-hydroxylation sites is 1. The molecule has 0 heterocycles. The van der Waals surface area contributed by atoms with Gasteiger partial charge in [-0.15, -0.1) is 0 Å². The Morgan fingerprint density at radius 1 is 0.955 bits per heavy atom. The van der Waals surface area contributed by atoms with Crippen LogP contribution in [0, 0.1) is 0 Å². The number of hydrogen-bond donors (Lipinski definition) is 0. The Morgan fingerprint density at radius 2 is 1.59 bits per heavy atom. The van der Waals surface area contributed by atoms with Gasteiger partial charge in [0, 0.05) is 12.8 Å². The summed E-state index contributed by atoms with van der Waals surface area (Å²) in [6, 6.07) is 19.6. The minimum absolute atomic E-state index is 0.0467. The summed E-state index contributed by atoms with van der Waals surface area (Å²) >= 11 is 0. The van der Waals surface area contributed by atoms with Crippen molar-refractivity contribution in [3.05, 3.63) is 66.2 Å². The van der Waals surface area contributed by atoms with Gasteiger partial charge in [-0.2, -0.15) is 0 Å². The van der Waals surface area contributed by atoms with Crippen LogP contribution in [0.25, 0.3) is 0 Å². The average molecular weight is 299 g/mol. The molecule has 0 aliphatic rings. The molecule has 0 atom stereocenters. The van der Waals surface area contributed by atoms with E-state index in [-0.39, 0.29) is 12.5 Å². The van der Waals surface area contributed by atoms with Crippen molar-refractivity contribution < 1.29 is 14.3 Å². The normalized spacial score (nSPS) is 10.4. The van der Waals surface area contributed by atoms with Crippen molar-refractivity contribution in [3.8, 4) is 0 Å². The summed E-state index contributed by atoms with van der Waals surface area (Å²) in [6.07, 6.45) is 0. The second kappa shape index (κ2) is 8.97. The third kappa shape index (κ3) is 4.98. The molecule has 0 fully saturated rings. The Bertz CT molecular complexity index is 557. The number of benzene rings is 2. The van der Waals surface area contributed by atoms with E-state index in [2.05, 4.69) is 0 Å². The number of amides is 1. The zero-order chi connectivity index (χ0) is 15.6. The third-order valence-electron chi connectivity index (χ3n) is 3.21. The van der Waals surface area contributed by atoms with Gasteiger partial charge < -0.3 is 14.4 Å². The van der Waals surface area contributed by atoms with E-state index < -0.39 is 0 Å². The number of carbonyl (C=O) groups is 1. The first-order valence-electron chi connectivity index (χ1n) is 7.27. The van der Waals surface area contributed by atoms with Gasteiger partial charge in [0.25, 0.3) is 5.91 Å². The van der Waals surface area contributed by atoms with E-state index in [4.69, 9.17) is 9.47 Å². The number of carbonyl (C=O) groups excluding carboxylic acids is 1. The van der Waals surface area contributed by atoms with Crippen molar-refractivity contribution in [3.63, 3.8) is 0 Å². The summed E-state index contributed by atoms with van der Waals surface area (Å²) in [4.78, 5) is 14.2. The van der Waals surface area contributed by atoms with Crippen LogP contribution >= 0.6 is 0 Å². The zero-order valence-electron chi connectivity index (χ0n) is 12.8. The molecule has 4 heteroatoms. The molecule has 2 aromatic rings. The summed E-state index contributed by atoms with van der Waals surface area (Å²) < 4.78 is 10.3. The van der Waals surface area contributed by atoms with Gasteiger partial charge in [0.1, 0.15) is 6.61 Å². The molecular formula is C18H21NO3. The number of rotatable bonds is 8. The van der Waals surface area contributed by atoms with Crippen LogP contribution in [0.4, 0.5) is 5.69 Å². The highest BCUT2D eigenvalue weighted by Crippen LogP contribution is 2.17. The van der Waals surface area contributed by atoms with E-state index in [0.717, 1.165) is 11.3 Å². The highest BCUT2D eigenvalue weighted by atomic mass is 16.5. The van der Waals surface area contributed by atoms with E-state index in [1.165, 1.54) is 0 Å². The van der Waals surface area contributed by atoms with E-state index >= 15 is 0 Å². The lowest BCUT2D eigenvalue weighted by Crippen LogP contribution is -2.33. The largest absolute Gasteiger partial charge is 0.382 e. The van der Waals surface area contributed by atoms with Crippen molar-refractivity contribution in [2.45, 2.75) is 6.54 Å². The lowest BCUT2D eigenvalue weighted by molar-refractivity contribution is -0.123. The highest BCUT2D eigenvalue weighted by Gasteiger charge is 2.16. The molecule has 0 spiro atoms. The van der Waals surface area contributed by atoms with Crippen LogP contribution in [0.2, 0.25) is 0 Å². The van der Waals surface area contributed by atoms with Gasteiger partial charge in [-0.05, 0) is 17.7 Å². The maximum atomic E-state index is 12.5. The fourth-order valence-corrected chi connectivity index (χ4v) is 2.08. The van der Waals surface area contributed by atoms with Gasteiger partial charge in [-0.3, -0.25) is 4.79 Å². The predicted octanol–water partition coefficient (Wildman–Crippen LogP) is 2.88. The molecule has 1 amide bonds. The lowest BCUT2D eigenvalue weighted by atomic mass is 10.2. The topological polar surface area (TPSA) is 38.8 Å². The fraction of sp³-hybridized carbons (Fsp3) is 0.278. The van der Waals surface area contributed by atoms with Gasteiger partial charge >= 0.3 is 0 Å². The number of methoxy groups -OCH3 is 1. The van der Waals surface area contributed by atoms with E-state index in [1.54, 1.807) is 12.0 Å². The van der Waals surface area contributed by atoms with E-state index in [0.29, 0.717) is 19.8 Å². The Balaban J connectivity index is 2.06. The van der Waals surface area contributed by atoms with Gasteiger partial charge in [-0.1, -0.05) is 48.5 Å². The Morgan fingerprint density at radius 3 is 2.23 bits per heavy atom. The van der Waals surface area contributed by atoms with Crippen molar-refractivity contribution in [1.82, 2.24) is 0 Å². The summed E-state index contributed by atoms with van der Waals surface area (Å²) in [7, 11) is 1.61. The number of ether oxygens (including phenoxy) is 2. The molecule has 0 N–H and O–H groups in total. The molecule has 0 radical (unpaired) electrons. The molecule has 0 aliphatic heterocycles. The molecule has 2 aromatic carbocycles. The second-order valence-corrected chi connectivity index (χ2v) is 4.85. The van der Waals surface area contributed by atoms with Crippen LogP contribution in [0.3, 0.4) is 0 Å². The first-order valence-corrected chi connectivity index (χ1v) is 7.27. The maximum absolute atomic E-state index is 12.5. The van der Waals surface area contributed by atoms with Crippen molar-refractivity contribution in [2.75, 3.05) is 31.8 Å². The van der Waals surface area contributed by atoms with Gasteiger partial charge in [0.15, 0.2) is 0 Å². The third-order valence-corrected chi connectivity index (χ3v) is 3.21. The molecular weight excluding hydrogens is 278 g/mol. The smallest absolute Gasteiger partial charge is 0.253 e. The van der Waals surface area contributed by atoms with Crippen molar-refractivity contribution in [2.24, 2.45) is 0 Å². The SMILES string of the molecule is COCCOCC(=O)N(Cc1ccccc1)c1ccccc1. The Kier molecular flexibility index (Phi) is 6.61. The van der Waals surface area contributed by atoms with Crippen LogP contribution in [-0.2, 0) is 20.8 Å². The monoisotopic (exact) mass is 299 g/mol. The van der Waals surface area contributed by atoms with Crippen LogP contribution in [-0.4, -0.2) is 32.8 Å². The minimum Gasteiger partial charge on any atom is -0.382 e. The summed E-state index contributed by atoms with van der Waals surface area (Å²) in [5.41, 5.74) is 1.95. The average Bonchev–Trinajstić information content (AvgIpc) is 2.58. The van der Waals surface area contributed by atoms with Gasteiger partial charge in [0.05, 0.1) is 19.8 Å². The molecule has 116 valence electrons. The van der Waals surface area contributed by atoms with Crippen molar-refractivity contribution >= 4 is 11.6 Å². The number of hydrogen-bond acceptors (Lipinski definition) is 3. The van der Waals surface area contributed by atoms with E-state index in [9.17, 15) is 4.79 Å². The van der Waals surface area contributed by atoms with Crippen LogP contribution in [0.5, 0.6) is 0 Å². The molecule has 22 heavy (non-hydrogen) atoms. The summed E-state index contributed by atoms with van der Waals surface area (Å²) in [6.45, 7) is 1.47. The standard InChI is InChI=1S/C18H21NO3/c1-21-12-13-22-15-18(20)19(17-10-6-3-7-11-17)14-16-8-4-2-5-9-16/h2-11H,12-15H2,1H3. The quantitative estimate of drug-likeness (QED) is 0.704. The summed E-state index contributed by atoms with van der Waals surface area (Å²) in [5, 5.41) is 0. The van der Waals surface area contributed by atoms with Gasteiger partial charge in [-0.25, -0.2) is 0 Å².